The molecule has 2 fully saturated rings. The molecule has 0 radical (unpaired) electrons. The molecule has 0 saturated carbocycles. The Morgan fingerprint density at radius 1 is 1.16 bits per heavy atom. The van der Waals surface area contributed by atoms with Crippen LogP contribution in [-0.4, -0.2) is 49.5 Å². The quantitative estimate of drug-likeness (QED) is 0.719. The number of methoxy groups -OCH3 is 1. The van der Waals surface area contributed by atoms with Crippen molar-refractivity contribution >= 4 is 29.1 Å². The highest BCUT2D eigenvalue weighted by atomic mass is 35.5. The lowest BCUT2D eigenvalue weighted by atomic mass is 10.0. The summed E-state index contributed by atoms with van der Waals surface area (Å²) in [5.41, 5.74) is 3.03. The maximum Gasteiger partial charge on any atom is 0.227 e. The van der Waals surface area contributed by atoms with Crippen LogP contribution in [0.1, 0.15) is 30.4 Å². The van der Waals surface area contributed by atoms with Gasteiger partial charge in [-0.1, -0.05) is 29.8 Å². The van der Waals surface area contributed by atoms with Gasteiger partial charge in [0.15, 0.2) is 0 Å². The molecule has 2 aromatic rings. The van der Waals surface area contributed by atoms with Crippen LogP contribution >= 0.6 is 11.6 Å². The number of hydrogen-bond acceptors (Lipinski definition) is 4. The van der Waals surface area contributed by atoms with E-state index in [0.717, 1.165) is 48.7 Å². The molecule has 6 nitrogen and oxygen atoms in total. The number of amides is 2. The average molecular weight is 456 g/mol. The van der Waals surface area contributed by atoms with Gasteiger partial charge in [0.1, 0.15) is 5.75 Å². The Labute approximate surface area is 194 Å². The predicted octanol–water partition coefficient (Wildman–Crippen LogP) is 3.79. The number of nitrogens with one attached hydrogen (secondary N) is 1. The fourth-order valence-corrected chi connectivity index (χ4v) is 4.66. The third-order valence-corrected chi connectivity index (χ3v) is 6.63. The molecule has 2 aliphatic rings. The van der Waals surface area contributed by atoms with Crippen LogP contribution in [0.25, 0.3) is 0 Å². The Morgan fingerprint density at radius 3 is 2.56 bits per heavy atom. The summed E-state index contributed by atoms with van der Waals surface area (Å²) in [5.74, 6) is 0.258. The first-order valence-corrected chi connectivity index (χ1v) is 11.5. The van der Waals surface area contributed by atoms with Crippen LogP contribution in [0.3, 0.4) is 0 Å². The van der Waals surface area contributed by atoms with Crippen molar-refractivity contribution in [1.82, 2.24) is 10.2 Å². The van der Waals surface area contributed by atoms with E-state index in [1.54, 1.807) is 12.0 Å². The van der Waals surface area contributed by atoms with Crippen molar-refractivity contribution in [3.8, 4) is 5.75 Å². The van der Waals surface area contributed by atoms with Crippen molar-refractivity contribution in [3.63, 3.8) is 0 Å². The number of ether oxygens (including phenoxy) is 1. The number of likely N-dealkylation sites (tertiary alicyclic amines) is 1. The van der Waals surface area contributed by atoms with Crippen molar-refractivity contribution in [1.29, 1.82) is 0 Å². The van der Waals surface area contributed by atoms with Gasteiger partial charge in [0.2, 0.25) is 11.8 Å². The molecule has 2 aliphatic heterocycles. The van der Waals surface area contributed by atoms with Gasteiger partial charge in [0.25, 0.3) is 0 Å². The SMILES string of the molecule is COc1ccc(C)cc1N1CC(C(=O)NC2CCN(Cc3ccc(Cl)cc3)CC2)CC1=O. The molecular weight excluding hydrogens is 426 g/mol. The fraction of sp³-hybridized carbons (Fsp3) is 0.440. The van der Waals surface area contributed by atoms with Crippen molar-refractivity contribution in [2.24, 2.45) is 5.92 Å². The topological polar surface area (TPSA) is 61.9 Å². The van der Waals surface area contributed by atoms with E-state index in [0.29, 0.717) is 12.3 Å². The van der Waals surface area contributed by atoms with Gasteiger partial charge < -0.3 is 15.0 Å². The minimum Gasteiger partial charge on any atom is -0.495 e. The molecule has 2 heterocycles. The molecule has 0 bridgehead atoms. The molecule has 1 unspecified atom stereocenters. The summed E-state index contributed by atoms with van der Waals surface area (Å²) in [6, 6.07) is 13.9. The van der Waals surface area contributed by atoms with Crippen molar-refractivity contribution < 1.29 is 14.3 Å². The van der Waals surface area contributed by atoms with Crippen LogP contribution in [-0.2, 0) is 16.1 Å². The maximum atomic E-state index is 12.9. The summed E-state index contributed by atoms with van der Waals surface area (Å²) >= 11 is 5.97. The lowest BCUT2D eigenvalue weighted by Crippen LogP contribution is -2.46. The molecule has 0 aromatic heterocycles. The van der Waals surface area contributed by atoms with Crippen molar-refractivity contribution in [3.05, 3.63) is 58.6 Å². The molecule has 0 aliphatic carbocycles. The Bertz CT molecular complexity index is 971. The summed E-state index contributed by atoms with van der Waals surface area (Å²) in [4.78, 5) is 29.7. The number of benzene rings is 2. The summed E-state index contributed by atoms with van der Waals surface area (Å²) in [7, 11) is 1.60. The molecule has 32 heavy (non-hydrogen) atoms. The Hall–Kier alpha value is -2.57. The third kappa shape index (κ3) is 5.25. The van der Waals surface area contributed by atoms with E-state index < -0.39 is 0 Å². The van der Waals surface area contributed by atoms with Gasteiger partial charge >= 0.3 is 0 Å². The zero-order valence-corrected chi connectivity index (χ0v) is 19.4. The third-order valence-electron chi connectivity index (χ3n) is 6.37. The number of piperidine rings is 1. The van der Waals surface area contributed by atoms with Crippen LogP contribution in [0.2, 0.25) is 5.02 Å². The monoisotopic (exact) mass is 455 g/mol. The van der Waals surface area contributed by atoms with Crippen LogP contribution in [0.15, 0.2) is 42.5 Å². The second-order valence-corrected chi connectivity index (χ2v) is 9.20. The van der Waals surface area contributed by atoms with Crippen molar-refractivity contribution in [2.45, 2.75) is 38.8 Å². The summed E-state index contributed by atoms with van der Waals surface area (Å²) in [5, 5.41) is 3.94. The molecule has 2 saturated heterocycles. The molecule has 2 aromatic carbocycles. The normalized spacial score (nSPS) is 19.9. The number of nitrogens with zero attached hydrogens (tertiary/aromatic N) is 2. The number of anilines is 1. The maximum absolute atomic E-state index is 12.9. The van der Waals surface area contributed by atoms with Gasteiger partial charge in [-0.15, -0.1) is 0 Å². The molecular formula is C25H30ClN3O3. The van der Waals surface area contributed by atoms with E-state index in [4.69, 9.17) is 16.3 Å². The van der Waals surface area contributed by atoms with Gasteiger partial charge in [-0.3, -0.25) is 14.5 Å². The number of hydrogen-bond donors (Lipinski definition) is 1. The minimum absolute atomic E-state index is 0.0244. The number of carbonyl (C=O) groups excluding carboxylic acids is 2. The largest absolute Gasteiger partial charge is 0.495 e. The van der Waals surface area contributed by atoms with Crippen LogP contribution in [0.4, 0.5) is 5.69 Å². The van der Waals surface area contributed by atoms with Gasteiger partial charge in [-0.25, -0.2) is 0 Å². The molecule has 0 spiro atoms. The Kier molecular flexibility index (Phi) is 7.01. The highest BCUT2D eigenvalue weighted by Gasteiger charge is 2.37. The number of rotatable bonds is 6. The molecule has 2 amide bonds. The van der Waals surface area contributed by atoms with E-state index in [1.807, 2.05) is 37.3 Å². The predicted molar refractivity (Wildman–Crippen MR) is 126 cm³/mol. The zero-order valence-electron chi connectivity index (χ0n) is 18.6. The van der Waals surface area contributed by atoms with Crippen LogP contribution < -0.4 is 15.0 Å². The highest BCUT2D eigenvalue weighted by molar-refractivity contribution is 6.30. The van der Waals surface area contributed by atoms with E-state index in [-0.39, 0.29) is 30.2 Å². The minimum atomic E-state index is -0.334. The van der Waals surface area contributed by atoms with Crippen LogP contribution in [0.5, 0.6) is 5.75 Å². The molecule has 170 valence electrons. The smallest absolute Gasteiger partial charge is 0.227 e. The molecule has 1 atom stereocenters. The van der Waals surface area contributed by atoms with Gasteiger partial charge in [-0.05, 0) is 55.2 Å². The lowest BCUT2D eigenvalue weighted by molar-refractivity contribution is -0.127. The Morgan fingerprint density at radius 2 is 1.88 bits per heavy atom. The van der Waals surface area contributed by atoms with Gasteiger partial charge in [-0.2, -0.15) is 0 Å². The van der Waals surface area contributed by atoms with E-state index in [9.17, 15) is 9.59 Å². The van der Waals surface area contributed by atoms with E-state index >= 15 is 0 Å². The first-order chi connectivity index (χ1) is 15.4. The zero-order chi connectivity index (χ0) is 22.7. The molecule has 7 heteroatoms. The first kappa shape index (κ1) is 22.6. The summed E-state index contributed by atoms with van der Waals surface area (Å²) < 4.78 is 5.43. The second kappa shape index (κ2) is 9.92. The fourth-order valence-electron chi connectivity index (χ4n) is 4.53. The van der Waals surface area contributed by atoms with Crippen molar-refractivity contribution in [2.75, 3.05) is 31.6 Å². The van der Waals surface area contributed by atoms with E-state index in [2.05, 4.69) is 22.3 Å². The van der Waals surface area contributed by atoms with Crippen LogP contribution in [0, 0.1) is 12.8 Å². The summed E-state index contributed by atoms with van der Waals surface area (Å²) in [6.07, 6.45) is 2.06. The lowest BCUT2D eigenvalue weighted by Gasteiger charge is -2.32. The number of aryl methyl sites for hydroxylation is 1. The standard InChI is InChI=1S/C25H30ClN3O3/c1-17-3-8-23(32-2)22(13-17)29-16-19(14-24(29)30)25(31)27-21-9-11-28(12-10-21)15-18-4-6-20(26)7-5-18/h3-8,13,19,21H,9-12,14-16H2,1-2H3,(H,27,31). The first-order valence-electron chi connectivity index (χ1n) is 11.1. The van der Waals surface area contributed by atoms with Gasteiger partial charge in [0.05, 0.1) is 18.7 Å². The average Bonchev–Trinajstić information content (AvgIpc) is 3.18. The highest BCUT2D eigenvalue weighted by Crippen LogP contribution is 2.34. The van der Waals surface area contributed by atoms with Gasteiger partial charge in [0, 0.05) is 43.7 Å². The molecule has 1 N–H and O–H groups in total. The number of carbonyl (C=O) groups is 2. The molecule has 4 rings (SSSR count). The number of halogens is 1. The summed E-state index contributed by atoms with van der Waals surface area (Å²) in [6.45, 7) is 5.13. The Balaban J connectivity index is 1.29. The van der Waals surface area contributed by atoms with E-state index in [1.165, 1.54) is 5.56 Å². The second-order valence-electron chi connectivity index (χ2n) is 8.77.